The number of hydrogen-bond acceptors (Lipinski definition) is 9. The SMILES string of the molecule is CC(C)(C)OC(=O)N1CCN(C(=O)/C=C/c2c(Oc3ccc(NC(=O)c4ccnn(-c5ccc(F)cc5)c4=O)cc3F)ccnc2N)CC1. The fourth-order valence-corrected chi connectivity index (χ4v) is 4.75. The van der Waals surface area contributed by atoms with Gasteiger partial charge in [-0.15, -0.1) is 0 Å². The molecule has 1 aliphatic heterocycles. The second kappa shape index (κ2) is 14.3. The first-order valence-electron chi connectivity index (χ1n) is 15.1. The van der Waals surface area contributed by atoms with Gasteiger partial charge >= 0.3 is 6.09 Å². The van der Waals surface area contributed by atoms with Crippen molar-refractivity contribution in [1.82, 2.24) is 24.6 Å². The van der Waals surface area contributed by atoms with Crippen LogP contribution in [0.5, 0.6) is 11.5 Å². The van der Waals surface area contributed by atoms with E-state index in [1.807, 2.05) is 0 Å². The van der Waals surface area contributed by atoms with Gasteiger partial charge in [0.05, 0.1) is 11.3 Å². The molecule has 254 valence electrons. The predicted molar refractivity (Wildman–Crippen MR) is 176 cm³/mol. The number of benzene rings is 2. The third-order valence-electron chi connectivity index (χ3n) is 7.19. The van der Waals surface area contributed by atoms with Gasteiger partial charge in [0, 0.05) is 56.4 Å². The summed E-state index contributed by atoms with van der Waals surface area (Å²) in [7, 11) is 0. The van der Waals surface area contributed by atoms with Gasteiger partial charge in [0.2, 0.25) is 5.91 Å². The molecule has 49 heavy (non-hydrogen) atoms. The summed E-state index contributed by atoms with van der Waals surface area (Å²) in [6.07, 6.45) is 4.87. The Labute approximate surface area is 279 Å². The quantitative estimate of drug-likeness (QED) is 0.267. The standard InChI is InChI=1S/C34H33F2N7O6/c1-34(2,3)49-33(47)42-18-16-41(17-19-42)29(44)11-9-24-27(13-14-38-30(24)37)48-28-10-6-22(20-26(28)36)40-31(45)25-12-15-39-43(32(25)46)23-7-4-21(35)5-8-23/h4-15,20H,16-19H2,1-3H3,(H2,37,38)(H,40,45)/b11-9+. The highest BCUT2D eigenvalue weighted by atomic mass is 19.1. The van der Waals surface area contributed by atoms with E-state index >= 15 is 4.39 Å². The van der Waals surface area contributed by atoms with Gasteiger partial charge in [-0.1, -0.05) is 0 Å². The first-order chi connectivity index (χ1) is 23.3. The Morgan fingerprint density at radius 2 is 1.61 bits per heavy atom. The van der Waals surface area contributed by atoms with Crippen LogP contribution >= 0.6 is 0 Å². The third-order valence-corrected chi connectivity index (χ3v) is 7.19. The first kappa shape index (κ1) is 34.2. The molecule has 1 aliphatic rings. The molecule has 3 N–H and O–H groups in total. The normalized spacial score (nSPS) is 13.3. The maximum atomic E-state index is 15.2. The van der Waals surface area contributed by atoms with Crippen molar-refractivity contribution in [1.29, 1.82) is 0 Å². The number of nitrogen functional groups attached to an aromatic ring is 1. The van der Waals surface area contributed by atoms with Crippen LogP contribution in [0, 0.1) is 11.6 Å². The zero-order valence-electron chi connectivity index (χ0n) is 26.9. The Bertz CT molecular complexity index is 1970. The molecule has 5 rings (SSSR count). The van der Waals surface area contributed by atoms with Crippen LogP contribution in [0.25, 0.3) is 11.8 Å². The van der Waals surface area contributed by atoms with Crippen LogP contribution in [0.1, 0.15) is 36.7 Å². The van der Waals surface area contributed by atoms with Gasteiger partial charge in [-0.05, 0) is 75.4 Å². The van der Waals surface area contributed by atoms with Crippen LogP contribution in [0.4, 0.5) is 25.1 Å². The summed E-state index contributed by atoms with van der Waals surface area (Å²) in [5, 5.41) is 6.41. The largest absolute Gasteiger partial charge is 0.453 e. The fourth-order valence-electron chi connectivity index (χ4n) is 4.75. The fraction of sp³-hybridized carbons (Fsp3) is 0.235. The highest BCUT2D eigenvalue weighted by Crippen LogP contribution is 2.32. The van der Waals surface area contributed by atoms with Gasteiger partial charge < -0.3 is 30.3 Å². The van der Waals surface area contributed by atoms with Crippen LogP contribution < -0.4 is 21.3 Å². The zero-order chi connectivity index (χ0) is 35.3. The monoisotopic (exact) mass is 673 g/mol. The van der Waals surface area contributed by atoms with E-state index in [1.165, 1.54) is 60.9 Å². The van der Waals surface area contributed by atoms with Gasteiger partial charge in [-0.25, -0.2) is 18.6 Å². The van der Waals surface area contributed by atoms with Crippen molar-refractivity contribution in [2.45, 2.75) is 26.4 Å². The van der Waals surface area contributed by atoms with Crippen molar-refractivity contribution >= 4 is 35.5 Å². The van der Waals surface area contributed by atoms with Crippen LogP contribution in [0.2, 0.25) is 0 Å². The number of nitrogens with two attached hydrogens (primary N) is 1. The van der Waals surface area contributed by atoms with E-state index in [0.717, 1.165) is 22.9 Å². The molecule has 0 saturated carbocycles. The number of amides is 3. The second-order valence-electron chi connectivity index (χ2n) is 11.9. The van der Waals surface area contributed by atoms with E-state index in [1.54, 1.807) is 30.6 Å². The summed E-state index contributed by atoms with van der Waals surface area (Å²) in [5.41, 5.74) is 4.92. The topological polar surface area (TPSA) is 162 Å². The average molecular weight is 674 g/mol. The maximum absolute atomic E-state index is 15.2. The number of aromatic nitrogens is 3. The highest BCUT2D eigenvalue weighted by Gasteiger charge is 2.27. The molecule has 0 spiro atoms. The van der Waals surface area contributed by atoms with Crippen molar-refractivity contribution in [3.05, 3.63) is 106 Å². The number of rotatable bonds is 7. The van der Waals surface area contributed by atoms with Crippen LogP contribution in [0.15, 0.2) is 77.9 Å². The Hall–Kier alpha value is -6.12. The van der Waals surface area contributed by atoms with Crippen molar-refractivity contribution in [2.24, 2.45) is 0 Å². The molecule has 4 aromatic rings. The van der Waals surface area contributed by atoms with E-state index in [0.29, 0.717) is 26.2 Å². The number of halogens is 2. The van der Waals surface area contributed by atoms with Gasteiger partial charge in [0.25, 0.3) is 11.5 Å². The van der Waals surface area contributed by atoms with Gasteiger partial charge in [-0.3, -0.25) is 14.4 Å². The number of anilines is 2. The second-order valence-corrected chi connectivity index (χ2v) is 11.9. The molecule has 13 nitrogen and oxygen atoms in total. The smallest absolute Gasteiger partial charge is 0.410 e. The lowest BCUT2D eigenvalue weighted by Crippen LogP contribution is -2.51. The summed E-state index contributed by atoms with van der Waals surface area (Å²) in [5.74, 6) is -2.57. The van der Waals surface area contributed by atoms with Crippen LogP contribution in [-0.4, -0.2) is 74.3 Å². The van der Waals surface area contributed by atoms with Crippen LogP contribution in [0.3, 0.4) is 0 Å². The number of nitrogens with zero attached hydrogens (tertiary/aromatic N) is 5. The number of carbonyl (C=O) groups excluding carboxylic acids is 3. The number of nitrogens with one attached hydrogen (secondary N) is 1. The van der Waals surface area contributed by atoms with Crippen molar-refractivity contribution in [3.8, 4) is 17.2 Å². The minimum absolute atomic E-state index is 0.0317. The molecular weight excluding hydrogens is 640 g/mol. The first-order valence-corrected chi connectivity index (χ1v) is 15.1. The Kier molecular flexibility index (Phi) is 10.0. The average Bonchev–Trinajstić information content (AvgIpc) is 3.05. The number of ether oxygens (including phenoxy) is 2. The Morgan fingerprint density at radius 1 is 0.918 bits per heavy atom. The summed E-state index contributed by atoms with van der Waals surface area (Å²) < 4.78 is 40.6. The predicted octanol–water partition coefficient (Wildman–Crippen LogP) is 4.63. The van der Waals surface area contributed by atoms with E-state index in [9.17, 15) is 23.6 Å². The number of carbonyl (C=O) groups is 3. The molecule has 1 saturated heterocycles. The molecule has 0 unspecified atom stereocenters. The molecule has 1 fully saturated rings. The van der Waals surface area contributed by atoms with Gasteiger partial charge in [0.1, 0.15) is 28.5 Å². The third kappa shape index (κ3) is 8.43. The molecule has 0 bridgehead atoms. The highest BCUT2D eigenvalue weighted by molar-refractivity contribution is 6.04. The Morgan fingerprint density at radius 3 is 2.29 bits per heavy atom. The molecule has 2 aromatic carbocycles. The van der Waals surface area contributed by atoms with Crippen molar-refractivity contribution in [2.75, 3.05) is 37.2 Å². The lowest BCUT2D eigenvalue weighted by Gasteiger charge is -2.35. The minimum atomic E-state index is -0.847. The molecule has 3 amide bonds. The summed E-state index contributed by atoms with van der Waals surface area (Å²) in [6, 6.07) is 11.3. The van der Waals surface area contributed by atoms with Gasteiger partial charge in [0.15, 0.2) is 11.6 Å². The van der Waals surface area contributed by atoms with E-state index in [4.69, 9.17) is 15.2 Å². The maximum Gasteiger partial charge on any atom is 0.410 e. The molecule has 0 aliphatic carbocycles. The number of pyridine rings is 1. The number of piperazine rings is 1. The van der Waals surface area contributed by atoms with E-state index in [-0.39, 0.29) is 45.7 Å². The molecule has 3 heterocycles. The van der Waals surface area contributed by atoms with Crippen LogP contribution in [-0.2, 0) is 9.53 Å². The molecule has 0 atom stereocenters. The lowest BCUT2D eigenvalue weighted by atomic mass is 10.2. The summed E-state index contributed by atoms with van der Waals surface area (Å²) >= 11 is 0. The lowest BCUT2D eigenvalue weighted by molar-refractivity contribution is -0.127. The van der Waals surface area contributed by atoms with Gasteiger partial charge in [-0.2, -0.15) is 9.78 Å². The summed E-state index contributed by atoms with van der Waals surface area (Å²) in [6.45, 7) is 6.56. The van der Waals surface area contributed by atoms with Crippen molar-refractivity contribution in [3.63, 3.8) is 0 Å². The molecular formula is C34H33F2N7O6. The number of hydrogen-bond donors (Lipinski definition) is 2. The molecule has 0 radical (unpaired) electrons. The Balaban J connectivity index is 1.24. The minimum Gasteiger partial charge on any atom is -0.453 e. The van der Waals surface area contributed by atoms with E-state index in [2.05, 4.69) is 15.4 Å². The molecule has 15 heteroatoms. The molecule has 2 aromatic heterocycles. The summed E-state index contributed by atoms with van der Waals surface area (Å²) in [4.78, 5) is 58.3. The van der Waals surface area contributed by atoms with Crippen molar-refractivity contribution < 1.29 is 32.6 Å². The zero-order valence-corrected chi connectivity index (χ0v) is 26.9. The van der Waals surface area contributed by atoms with E-state index < -0.39 is 34.8 Å².